The number of nitrogens with zero attached hydrogens (tertiary/aromatic N) is 1. The van der Waals surface area contributed by atoms with Crippen LogP contribution < -0.4 is 4.74 Å². The summed E-state index contributed by atoms with van der Waals surface area (Å²) in [6, 6.07) is 1.89. The van der Waals surface area contributed by atoms with Crippen LogP contribution in [0.5, 0.6) is 5.75 Å². The van der Waals surface area contributed by atoms with Gasteiger partial charge >= 0.3 is 0 Å². The van der Waals surface area contributed by atoms with E-state index in [4.69, 9.17) is 4.74 Å². The molecule has 64 valence electrons. The number of hydrogen-bond donors (Lipinski definition) is 0. The highest BCUT2D eigenvalue weighted by molar-refractivity contribution is 9.10. The van der Waals surface area contributed by atoms with Crippen LogP contribution in [-0.4, -0.2) is 11.6 Å². The van der Waals surface area contributed by atoms with Crippen molar-refractivity contribution in [1.82, 2.24) is 4.98 Å². The van der Waals surface area contributed by atoms with Crippen LogP contribution in [0, 0.1) is 0 Å². The fraction of sp³-hybridized carbons (Fsp3) is 0.222. The molecule has 0 saturated heterocycles. The van der Waals surface area contributed by atoms with Crippen LogP contribution in [0.15, 0.2) is 35.6 Å². The maximum absolute atomic E-state index is 5.36. The molecule has 0 atom stereocenters. The van der Waals surface area contributed by atoms with Crippen molar-refractivity contribution in [2.75, 3.05) is 6.61 Å². The minimum Gasteiger partial charge on any atom is -0.492 e. The molecule has 0 aliphatic carbocycles. The first kappa shape index (κ1) is 9.26. The van der Waals surface area contributed by atoms with E-state index in [2.05, 4.69) is 27.5 Å². The van der Waals surface area contributed by atoms with Gasteiger partial charge in [-0.1, -0.05) is 6.08 Å². The second kappa shape index (κ2) is 4.93. The van der Waals surface area contributed by atoms with Gasteiger partial charge in [0, 0.05) is 10.7 Å². The van der Waals surface area contributed by atoms with E-state index in [0.717, 1.165) is 16.6 Å². The molecule has 0 saturated carbocycles. The highest BCUT2D eigenvalue weighted by atomic mass is 79.9. The van der Waals surface area contributed by atoms with E-state index in [1.807, 2.05) is 12.1 Å². The summed E-state index contributed by atoms with van der Waals surface area (Å²) in [5.41, 5.74) is 0. The molecule has 1 rings (SSSR count). The van der Waals surface area contributed by atoms with E-state index < -0.39 is 0 Å². The molecule has 0 fully saturated rings. The molecule has 0 N–H and O–H groups in total. The van der Waals surface area contributed by atoms with E-state index in [1.165, 1.54) is 0 Å². The molecular formula is C9H10BrNO. The second-order valence-corrected chi connectivity index (χ2v) is 3.18. The summed E-state index contributed by atoms with van der Waals surface area (Å²) in [7, 11) is 0. The Bertz CT molecular complexity index is 262. The Hall–Kier alpha value is -0.830. The molecule has 0 unspecified atom stereocenters. The Balaban J connectivity index is 2.46. The molecule has 1 heterocycles. The summed E-state index contributed by atoms with van der Waals surface area (Å²) in [5.74, 6) is 0.784. The first-order valence-corrected chi connectivity index (χ1v) is 4.46. The SMILES string of the molecule is C=CCCOc1cncc(Br)c1. The van der Waals surface area contributed by atoms with Crippen molar-refractivity contribution in [2.24, 2.45) is 0 Å². The zero-order valence-corrected chi connectivity index (χ0v) is 8.25. The molecule has 0 aliphatic rings. The van der Waals surface area contributed by atoms with E-state index in [0.29, 0.717) is 6.61 Å². The Morgan fingerprint density at radius 2 is 2.42 bits per heavy atom. The Morgan fingerprint density at radius 3 is 3.08 bits per heavy atom. The topological polar surface area (TPSA) is 22.1 Å². The highest BCUT2D eigenvalue weighted by Crippen LogP contribution is 2.15. The van der Waals surface area contributed by atoms with Crippen LogP contribution in [0.2, 0.25) is 0 Å². The Kier molecular flexibility index (Phi) is 3.80. The predicted molar refractivity (Wildman–Crippen MR) is 52.2 cm³/mol. The molecule has 0 radical (unpaired) electrons. The lowest BCUT2D eigenvalue weighted by atomic mass is 10.4. The van der Waals surface area contributed by atoms with Gasteiger partial charge in [0.25, 0.3) is 0 Å². The zero-order valence-electron chi connectivity index (χ0n) is 6.66. The maximum atomic E-state index is 5.36. The lowest BCUT2D eigenvalue weighted by Crippen LogP contribution is -1.95. The fourth-order valence-corrected chi connectivity index (χ4v) is 1.08. The lowest BCUT2D eigenvalue weighted by molar-refractivity contribution is 0.323. The van der Waals surface area contributed by atoms with Gasteiger partial charge in [-0.15, -0.1) is 6.58 Å². The summed E-state index contributed by atoms with van der Waals surface area (Å²) in [6.07, 6.45) is 6.09. The Morgan fingerprint density at radius 1 is 1.58 bits per heavy atom. The smallest absolute Gasteiger partial charge is 0.138 e. The second-order valence-electron chi connectivity index (χ2n) is 2.26. The van der Waals surface area contributed by atoms with Crippen molar-refractivity contribution < 1.29 is 4.74 Å². The minimum absolute atomic E-state index is 0.654. The fourth-order valence-electron chi connectivity index (χ4n) is 0.731. The molecule has 0 aliphatic heterocycles. The minimum atomic E-state index is 0.654. The molecule has 0 spiro atoms. The zero-order chi connectivity index (χ0) is 8.81. The van der Waals surface area contributed by atoms with E-state index in [-0.39, 0.29) is 0 Å². The van der Waals surface area contributed by atoms with Gasteiger partial charge in [0.2, 0.25) is 0 Å². The molecule has 0 bridgehead atoms. The summed E-state index contributed by atoms with van der Waals surface area (Å²) in [5, 5.41) is 0. The van der Waals surface area contributed by atoms with Gasteiger partial charge in [-0.2, -0.15) is 0 Å². The van der Waals surface area contributed by atoms with E-state index in [9.17, 15) is 0 Å². The molecule has 1 aromatic rings. The molecular weight excluding hydrogens is 218 g/mol. The van der Waals surface area contributed by atoms with Crippen molar-refractivity contribution in [2.45, 2.75) is 6.42 Å². The number of ether oxygens (including phenoxy) is 1. The normalized spacial score (nSPS) is 9.42. The van der Waals surface area contributed by atoms with Crippen LogP contribution in [0.3, 0.4) is 0 Å². The maximum Gasteiger partial charge on any atom is 0.138 e. The van der Waals surface area contributed by atoms with Crippen molar-refractivity contribution in [3.63, 3.8) is 0 Å². The van der Waals surface area contributed by atoms with Crippen molar-refractivity contribution in [3.05, 3.63) is 35.6 Å². The number of rotatable bonds is 4. The van der Waals surface area contributed by atoms with Crippen molar-refractivity contribution in [3.8, 4) is 5.75 Å². The third-order valence-electron chi connectivity index (χ3n) is 1.27. The number of hydrogen-bond acceptors (Lipinski definition) is 2. The van der Waals surface area contributed by atoms with Gasteiger partial charge in [-0.05, 0) is 28.4 Å². The van der Waals surface area contributed by atoms with Gasteiger partial charge in [0.05, 0.1) is 12.8 Å². The highest BCUT2D eigenvalue weighted by Gasteiger charge is 1.93. The molecule has 0 aromatic carbocycles. The molecule has 1 aromatic heterocycles. The first-order chi connectivity index (χ1) is 5.83. The van der Waals surface area contributed by atoms with Crippen LogP contribution in [0.4, 0.5) is 0 Å². The largest absolute Gasteiger partial charge is 0.492 e. The van der Waals surface area contributed by atoms with Crippen molar-refractivity contribution in [1.29, 1.82) is 0 Å². The monoisotopic (exact) mass is 227 g/mol. The average Bonchev–Trinajstić information content (AvgIpc) is 2.05. The van der Waals surface area contributed by atoms with Crippen LogP contribution in [0.25, 0.3) is 0 Å². The number of pyridine rings is 1. The van der Waals surface area contributed by atoms with Crippen LogP contribution in [0.1, 0.15) is 6.42 Å². The molecule has 0 amide bonds. The van der Waals surface area contributed by atoms with Gasteiger partial charge in [-0.3, -0.25) is 4.98 Å². The summed E-state index contributed by atoms with van der Waals surface area (Å²) in [4.78, 5) is 3.97. The van der Waals surface area contributed by atoms with E-state index in [1.54, 1.807) is 12.4 Å². The van der Waals surface area contributed by atoms with E-state index >= 15 is 0 Å². The van der Waals surface area contributed by atoms with Crippen LogP contribution in [-0.2, 0) is 0 Å². The average molecular weight is 228 g/mol. The standard InChI is InChI=1S/C9H10BrNO/c1-2-3-4-12-9-5-8(10)6-11-7-9/h2,5-7H,1,3-4H2. The predicted octanol–water partition coefficient (Wildman–Crippen LogP) is 2.80. The summed E-state index contributed by atoms with van der Waals surface area (Å²) >= 11 is 3.31. The number of aromatic nitrogens is 1. The summed E-state index contributed by atoms with van der Waals surface area (Å²) < 4.78 is 6.29. The summed E-state index contributed by atoms with van der Waals surface area (Å²) in [6.45, 7) is 4.26. The molecule has 3 heteroatoms. The van der Waals surface area contributed by atoms with Crippen LogP contribution >= 0.6 is 15.9 Å². The first-order valence-electron chi connectivity index (χ1n) is 3.67. The molecule has 12 heavy (non-hydrogen) atoms. The molecule has 2 nitrogen and oxygen atoms in total. The third kappa shape index (κ3) is 3.05. The number of halogens is 1. The van der Waals surface area contributed by atoms with Gasteiger partial charge < -0.3 is 4.74 Å². The quantitative estimate of drug-likeness (QED) is 0.583. The lowest BCUT2D eigenvalue weighted by Gasteiger charge is -2.02. The third-order valence-corrected chi connectivity index (χ3v) is 1.70. The Labute approximate surface area is 80.4 Å². The van der Waals surface area contributed by atoms with Gasteiger partial charge in [0.1, 0.15) is 5.75 Å². The van der Waals surface area contributed by atoms with Gasteiger partial charge in [-0.25, -0.2) is 0 Å². The van der Waals surface area contributed by atoms with Crippen molar-refractivity contribution >= 4 is 15.9 Å². The van der Waals surface area contributed by atoms with Gasteiger partial charge in [0.15, 0.2) is 0 Å².